The zero-order valence-electron chi connectivity index (χ0n) is 21.4. The predicted molar refractivity (Wildman–Crippen MR) is 162 cm³/mol. The summed E-state index contributed by atoms with van der Waals surface area (Å²) < 4.78 is 2.06. The van der Waals surface area contributed by atoms with E-state index >= 15 is 0 Å². The standard InChI is InChI=1S/C36H25N3/c1-2-11-29-25(8-1)19-20-31-35(29)30-12-3-4-13-32(30)38-36(31)28-10-7-9-27(22-28)24-15-17-26(18-16-24)33-23-39-21-6-5-14-34(39)37-33/h2-7,9-23H,1,8H2. The number of rotatable bonds is 3. The van der Waals surface area contributed by atoms with E-state index in [0.717, 1.165) is 46.5 Å². The fourth-order valence-electron chi connectivity index (χ4n) is 5.94. The first-order valence-electron chi connectivity index (χ1n) is 13.5. The van der Waals surface area contributed by atoms with Crippen LogP contribution in [0.2, 0.25) is 0 Å². The van der Waals surface area contributed by atoms with E-state index in [-0.39, 0.29) is 0 Å². The van der Waals surface area contributed by atoms with Crippen LogP contribution < -0.4 is 0 Å². The summed E-state index contributed by atoms with van der Waals surface area (Å²) >= 11 is 0. The van der Waals surface area contributed by atoms with Crippen molar-refractivity contribution in [2.45, 2.75) is 12.8 Å². The molecule has 3 heteroatoms. The Bertz CT molecular complexity index is 2030. The molecule has 0 saturated carbocycles. The van der Waals surface area contributed by atoms with Gasteiger partial charge < -0.3 is 4.40 Å². The lowest BCUT2D eigenvalue weighted by atomic mass is 9.88. The lowest BCUT2D eigenvalue weighted by Gasteiger charge is -2.17. The molecule has 0 radical (unpaired) electrons. The number of allylic oxidation sites excluding steroid dienone is 1. The minimum absolute atomic E-state index is 0.955. The van der Waals surface area contributed by atoms with Crippen molar-refractivity contribution < 1.29 is 0 Å². The zero-order chi connectivity index (χ0) is 25.8. The number of imidazole rings is 1. The van der Waals surface area contributed by atoms with Gasteiger partial charge in [0.25, 0.3) is 0 Å². The minimum atomic E-state index is 0.955. The van der Waals surface area contributed by atoms with Crippen molar-refractivity contribution in [2.75, 3.05) is 0 Å². The maximum Gasteiger partial charge on any atom is 0.137 e. The zero-order valence-corrected chi connectivity index (χ0v) is 21.4. The Kier molecular flexibility index (Phi) is 4.95. The van der Waals surface area contributed by atoms with Crippen LogP contribution in [0.25, 0.3) is 67.0 Å². The van der Waals surface area contributed by atoms with Crippen molar-refractivity contribution in [1.82, 2.24) is 14.4 Å². The Balaban J connectivity index is 1.24. The maximum atomic E-state index is 5.20. The first kappa shape index (κ1) is 22.0. The van der Waals surface area contributed by atoms with Crippen LogP contribution in [-0.4, -0.2) is 14.4 Å². The number of aryl methyl sites for hydroxylation is 1. The van der Waals surface area contributed by atoms with Crippen LogP contribution in [0.15, 0.2) is 122 Å². The monoisotopic (exact) mass is 499 g/mol. The number of benzene rings is 4. The van der Waals surface area contributed by atoms with Crippen molar-refractivity contribution in [3.05, 3.63) is 133 Å². The SMILES string of the molecule is C1=Cc2c(ccc3c(-c4cccc(-c5ccc(-c6cn7ccccc7n6)cc5)c4)nc4ccccc4c23)CC1. The normalized spacial score (nSPS) is 12.8. The van der Waals surface area contributed by atoms with Crippen LogP contribution in [0.3, 0.4) is 0 Å². The Morgan fingerprint density at radius 3 is 2.41 bits per heavy atom. The van der Waals surface area contributed by atoms with Crippen molar-refractivity contribution in [2.24, 2.45) is 0 Å². The van der Waals surface area contributed by atoms with Gasteiger partial charge in [-0.15, -0.1) is 0 Å². The largest absolute Gasteiger partial charge is 0.306 e. The van der Waals surface area contributed by atoms with Crippen LogP contribution in [0.5, 0.6) is 0 Å². The maximum absolute atomic E-state index is 5.20. The predicted octanol–water partition coefficient (Wildman–Crippen LogP) is 9.00. The molecule has 0 aliphatic heterocycles. The van der Waals surface area contributed by atoms with Gasteiger partial charge in [-0.3, -0.25) is 0 Å². The second-order valence-corrected chi connectivity index (χ2v) is 10.2. The summed E-state index contributed by atoms with van der Waals surface area (Å²) in [6.45, 7) is 0. The van der Waals surface area contributed by atoms with Gasteiger partial charge in [-0.2, -0.15) is 0 Å². The van der Waals surface area contributed by atoms with Crippen LogP contribution in [0.1, 0.15) is 17.5 Å². The lowest BCUT2D eigenvalue weighted by Crippen LogP contribution is -1.98. The molecule has 0 saturated heterocycles. The molecule has 3 heterocycles. The number of hydrogen-bond donors (Lipinski definition) is 0. The molecular weight excluding hydrogens is 474 g/mol. The van der Waals surface area contributed by atoms with Gasteiger partial charge in [-0.25, -0.2) is 9.97 Å². The summed E-state index contributed by atoms with van der Waals surface area (Å²) in [6, 6.07) is 36.6. The summed E-state index contributed by atoms with van der Waals surface area (Å²) in [7, 11) is 0. The van der Waals surface area contributed by atoms with E-state index in [4.69, 9.17) is 9.97 Å². The third-order valence-corrected chi connectivity index (χ3v) is 7.88. The number of hydrogen-bond acceptors (Lipinski definition) is 2. The van der Waals surface area contributed by atoms with Crippen molar-refractivity contribution in [1.29, 1.82) is 0 Å². The third-order valence-electron chi connectivity index (χ3n) is 7.88. The van der Waals surface area contributed by atoms with Gasteiger partial charge in [-0.1, -0.05) is 91.0 Å². The molecule has 1 aliphatic rings. The summed E-state index contributed by atoms with van der Waals surface area (Å²) in [5.41, 5.74) is 11.4. The average molecular weight is 500 g/mol. The first-order valence-corrected chi connectivity index (χ1v) is 13.5. The highest BCUT2D eigenvalue weighted by molar-refractivity contribution is 6.14. The van der Waals surface area contributed by atoms with Gasteiger partial charge in [0.2, 0.25) is 0 Å². The number of nitrogens with zero attached hydrogens (tertiary/aromatic N) is 3. The van der Waals surface area contributed by atoms with E-state index in [9.17, 15) is 0 Å². The molecule has 0 amide bonds. The quantitative estimate of drug-likeness (QED) is 0.227. The van der Waals surface area contributed by atoms with Gasteiger partial charge >= 0.3 is 0 Å². The summed E-state index contributed by atoms with van der Waals surface area (Å²) in [5.74, 6) is 0. The second-order valence-electron chi connectivity index (χ2n) is 10.2. The number of pyridine rings is 2. The molecule has 0 atom stereocenters. The fourth-order valence-corrected chi connectivity index (χ4v) is 5.94. The Labute approximate surface area is 226 Å². The topological polar surface area (TPSA) is 30.2 Å². The minimum Gasteiger partial charge on any atom is -0.306 e. The van der Waals surface area contributed by atoms with E-state index in [1.54, 1.807) is 0 Å². The number of fused-ring (bicyclic) bond motifs is 6. The second kappa shape index (κ2) is 8.78. The van der Waals surface area contributed by atoms with Crippen LogP contribution >= 0.6 is 0 Å². The highest BCUT2D eigenvalue weighted by Gasteiger charge is 2.16. The molecule has 7 aromatic rings. The van der Waals surface area contributed by atoms with Gasteiger partial charge in [0.05, 0.1) is 16.9 Å². The smallest absolute Gasteiger partial charge is 0.137 e. The van der Waals surface area contributed by atoms with Gasteiger partial charge in [0.1, 0.15) is 5.65 Å². The molecule has 0 spiro atoms. The number of para-hydroxylation sites is 1. The van der Waals surface area contributed by atoms with Crippen LogP contribution in [-0.2, 0) is 6.42 Å². The first-order chi connectivity index (χ1) is 19.3. The molecule has 1 aliphatic carbocycles. The molecule has 3 nitrogen and oxygen atoms in total. The Hall–Kier alpha value is -5.02. The van der Waals surface area contributed by atoms with Crippen molar-refractivity contribution >= 4 is 33.4 Å². The van der Waals surface area contributed by atoms with E-state index in [1.807, 2.05) is 24.4 Å². The van der Waals surface area contributed by atoms with Crippen molar-refractivity contribution in [3.8, 4) is 33.6 Å². The average Bonchev–Trinajstić information content (AvgIpc) is 3.45. The molecule has 0 fully saturated rings. The third kappa shape index (κ3) is 3.66. The van der Waals surface area contributed by atoms with E-state index in [0.29, 0.717) is 0 Å². The molecular formula is C36H25N3. The molecule has 0 unspecified atom stereocenters. The molecule has 0 bridgehead atoms. The number of aromatic nitrogens is 3. The molecule has 8 rings (SSSR count). The Morgan fingerprint density at radius 1 is 0.641 bits per heavy atom. The Morgan fingerprint density at radius 2 is 1.49 bits per heavy atom. The lowest BCUT2D eigenvalue weighted by molar-refractivity contribution is 0.990. The van der Waals surface area contributed by atoms with E-state index in [1.165, 1.54) is 38.4 Å². The highest BCUT2D eigenvalue weighted by atomic mass is 15.0. The summed E-state index contributed by atoms with van der Waals surface area (Å²) in [4.78, 5) is 9.97. The molecule has 0 N–H and O–H groups in total. The molecule has 39 heavy (non-hydrogen) atoms. The van der Waals surface area contributed by atoms with Crippen LogP contribution in [0, 0.1) is 0 Å². The van der Waals surface area contributed by atoms with Gasteiger partial charge in [0.15, 0.2) is 0 Å². The van der Waals surface area contributed by atoms with Crippen LogP contribution in [0.4, 0.5) is 0 Å². The van der Waals surface area contributed by atoms with Crippen molar-refractivity contribution in [3.63, 3.8) is 0 Å². The van der Waals surface area contributed by atoms with Gasteiger partial charge in [0, 0.05) is 39.7 Å². The summed E-state index contributed by atoms with van der Waals surface area (Å²) in [5, 5.41) is 3.74. The van der Waals surface area contributed by atoms with E-state index in [2.05, 4.69) is 108 Å². The highest BCUT2D eigenvalue weighted by Crippen LogP contribution is 2.38. The fraction of sp³-hybridized carbons (Fsp3) is 0.0556. The molecule has 184 valence electrons. The molecule has 3 aromatic heterocycles. The molecule has 4 aromatic carbocycles. The summed E-state index contributed by atoms with van der Waals surface area (Å²) in [6.07, 6.45) is 10.9. The van der Waals surface area contributed by atoms with Gasteiger partial charge in [-0.05, 0) is 59.4 Å². The van der Waals surface area contributed by atoms with E-state index < -0.39 is 0 Å².